The predicted molar refractivity (Wildman–Crippen MR) is 139 cm³/mol. The molecular formula is C28H35N3O6. The minimum Gasteiger partial charge on any atom is -0.497 e. The Balaban J connectivity index is 1.62. The lowest BCUT2D eigenvalue weighted by atomic mass is 9.91. The molecule has 0 saturated heterocycles. The Morgan fingerprint density at radius 2 is 1.81 bits per heavy atom. The predicted octanol–water partition coefficient (Wildman–Crippen LogP) is 4.01. The lowest BCUT2D eigenvalue weighted by Gasteiger charge is -2.29. The number of fused-ring (bicyclic) bond motifs is 1. The van der Waals surface area contributed by atoms with E-state index >= 15 is 0 Å². The van der Waals surface area contributed by atoms with E-state index in [2.05, 4.69) is 0 Å². The molecule has 0 fully saturated rings. The molecule has 2 aliphatic rings. The molecule has 9 nitrogen and oxygen atoms in total. The molecule has 0 spiro atoms. The highest BCUT2D eigenvalue weighted by Gasteiger charge is 2.35. The van der Waals surface area contributed by atoms with Crippen LogP contribution < -0.4 is 14.2 Å². The molecule has 0 N–H and O–H groups in total. The van der Waals surface area contributed by atoms with Crippen molar-refractivity contribution in [2.45, 2.75) is 39.7 Å². The van der Waals surface area contributed by atoms with Crippen molar-refractivity contribution in [2.24, 2.45) is 10.5 Å². The minimum absolute atomic E-state index is 0.0846. The highest BCUT2D eigenvalue weighted by atomic mass is 16.7. The molecule has 198 valence electrons. The fraction of sp³-hybridized carbons (Fsp3) is 0.464. The molecule has 1 unspecified atom stereocenters. The molecule has 2 heterocycles. The lowest BCUT2D eigenvalue weighted by molar-refractivity contribution is -0.143. The van der Waals surface area contributed by atoms with Crippen molar-refractivity contribution in [2.75, 3.05) is 40.7 Å². The summed E-state index contributed by atoms with van der Waals surface area (Å²) < 4.78 is 21.5. The van der Waals surface area contributed by atoms with Crippen LogP contribution >= 0.6 is 0 Å². The average Bonchev–Trinajstić information content (AvgIpc) is 3.52. The molecule has 0 aromatic heterocycles. The molecule has 37 heavy (non-hydrogen) atoms. The van der Waals surface area contributed by atoms with Crippen molar-refractivity contribution in [3.05, 3.63) is 53.6 Å². The number of hydrazone groups is 1. The SMILES string of the molecule is COCCN(CC(=O)N1N=C(c2ccc(OC)cc2)CC1c1ccc2c(c1)OCO2)C(=O)CC(C)(C)C. The summed E-state index contributed by atoms with van der Waals surface area (Å²) in [6.45, 7) is 6.76. The Labute approximate surface area is 217 Å². The van der Waals surface area contributed by atoms with Gasteiger partial charge in [0.05, 0.1) is 25.5 Å². The number of methoxy groups -OCH3 is 2. The topological polar surface area (TPSA) is 89.9 Å². The second-order valence-corrected chi connectivity index (χ2v) is 10.4. The molecule has 0 radical (unpaired) electrons. The molecule has 2 aliphatic heterocycles. The van der Waals surface area contributed by atoms with Gasteiger partial charge >= 0.3 is 0 Å². The zero-order valence-electron chi connectivity index (χ0n) is 22.2. The van der Waals surface area contributed by atoms with Gasteiger partial charge in [0.15, 0.2) is 11.5 Å². The number of hydrogen-bond acceptors (Lipinski definition) is 7. The molecule has 1 atom stereocenters. The zero-order chi connectivity index (χ0) is 26.6. The maximum atomic E-state index is 13.7. The van der Waals surface area contributed by atoms with Crippen molar-refractivity contribution < 1.29 is 28.5 Å². The van der Waals surface area contributed by atoms with E-state index in [1.54, 1.807) is 19.1 Å². The van der Waals surface area contributed by atoms with Crippen LogP contribution in [0.4, 0.5) is 0 Å². The first-order valence-corrected chi connectivity index (χ1v) is 12.4. The van der Waals surface area contributed by atoms with E-state index in [1.165, 1.54) is 5.01 Å². The van der Waals surface area contributed by atoms with E-state index in [1.807, 2.05) is 63.2 Å². The van der Waals surface area contributed by atoms with Gasteiger partial charge in [-0.3, -0.25) is 9.59 Å². The smallest absolute Gasteiger partial charge is 0.262 e. The van der Waals surface area contributed by atoms with Crippen LogP contribution in [-0.4, -0.2) is 68.1 Å². The minimum atomic E-state index is -0.346. The summed E-state index contributed by atoms with van der Waals surface area (Å²) in [6, 6.07) is 12.9. The first kappa shape index (κ1) is 26.5. The Morgan fingerprint density at radius 3 is 2.49 bits per heavy atom. The molecule has 0 saturated carbocycles. The highest BCUT2D eigenvalue weighted by molar-refractivity contribution is 6.03. The van der Waals surface area contributed by atoms with Crippen molar-refractivity contribution in [3.63, 3.8) is 0 Å². The second-order valence-electron chi connectivity index (χ2n) is 10.4. The Kier molecular flexibility index (Phi) is 8.02. The zero-order valence-corrected chi connectivity index (χ0v) is 22.2. The Morgan fingerprint density at radius 1 is 1.08 bits per heavy atom. The number of carbonyl (C=O) groups is 2. The van der Waals surface area contributed by atoms with Gasteiger partial charge in [-0.05, 0) is 52.9 Å². The molecule has 0 bridgehead atoms. The molecule has 2 amide bonds. The third-order valence-corrected chi connectivity index (χ3v) is 6.30. The van der Waals surface area contributed by atoms with Gasteiger partial charge < -0.3 is 23.8 Å². The molecule has 4 rings (SSSR count). The first-order valence-electron chi connectivity index (χ1n) is 12.4. The van der Waals surface area contributed by atoms with E-state index < -0.39 is 0 Å². The van der Waals surface area contributed by atoms with Crippen LogP contribution in [0, 0.1) is 5.41 Å². The van der Waals surface area contributed by atoms with Gasteiger partial charge in [-0.1, -0.05) is 26.8 Å². The molecule has 2 aromatic rings. The highest BCUT2D eigenvalue weighted by Crippen LogP contribution is 2.39. The number of nitrogens with zero attached hydrogens (tertiary/aromatic N) is 3. The number of hydrogen-bond donors (Lipinski definition) is 0. The van der Waals surface area contributed by atoms with Crippen LogP contribution in [0.5, 0.6) is 17.2 Å². The van der Waals surface area contributed by atoms with Crippen LogP contribution in [0.3, 0.4) is 0 Å². The summed E-state index contributed by atoms with van der Waals surface area (Å²) in [6.07, 6.45) is 0.849. The summed E-state index contributed by atoms with van der Waals surface area (Å²) in [4.78, 5) is 28.3. The van der Waals surface area contributed by atoms with E-state index in [9.17, 15) is 9.59 Å². The maximum absolute atomic E-state index is 13.7. The Bertz CT molecular complexity index is 1160. The standard InChI is InChI=1S/C28H35N3O6/c1-28(2,3)16-26(32)30(12-13-34-4)17-27(33)31-23(20-8-11-24-25(14-20)37-18-36-24)15-22(29-31)19-6-9-21(35-5)10-7-19/h6-11,14,23H,12-13,15-18H2,1-5H3. The normalized spacial score (nSPS) is 16.5. The van der Waals surface area contributed by atoms with Crippen LogP contribution in [0.25, 0.3) is 0 Å². The number of amides is 2. The van der Waals surface area contributed by atoms with Gasteiger partial charge in [0.1, 0.15) is 12.3 Å². The van der Waals surface area contributed by atoms with E-state index in [0.29, 0.717) is 37.5 Å². The average molecular weight is 510 g/mol. The maximum Gasteiger partial charge on any atom is 0.262 e. The van der Waals surface area contributed by atoms with Gasteiger partial charge in [-0.25, -0.2) is 5.01 Å². The third kappa shape index (κ3) is 6.40. The summed E-state index contributed by atoms with van der Waals surface area (Å²) >= 11 is 0. The summed E-state index contributed by atoms with van der Waals surface area (Å²) in [5.74, 6) is 1.72. The molecule has 2 aromatic carbocycles. The Hall–Kier alpha value is -3.59. The van der Waals surface area contributed by atoms with Gasteiger partial charge in [-0.15, -0.1) is 0 Å². The van der Waals surface area contributed by atoms with E-state index in [-0.39, 0.29) is 36.6 Å². The molecule has 0 aliphatic carbocycles. The fourth-order valence-electron chi connectivity index (χ4n) is 4.37. The second kappa shape index (κ2) is 11.2. The van der Waals surface area contributed by atoms with Gasteiger partial charge in [0, 0.05) is 26.5 Å². The van der Waals surface area contributed by atoms with Crippen LogP contribution in [0.15, 0.2) is 47.6 Å². The van der Waals surface area contributed by atoms with Gasteiger partial charge in [-0.2, -0.15) is 5.10 Å². The molecular weight excluding hydrogens is 474 g/mol. The van der Waals surface area contributed by atoms with Crippen molar-refractivity contribution >= 4 is 17.5 Å². The number of carbonyl (C=O) groups excluding carboxylic acids is 2. The van der Waals surface area contributed by atoms with Crippen molar-refractivity contribution in [1.82, 2.24) is 9.91 Å². The largest absolute Gasteiger partial charge is 0.497 e. The summed E-state index contributed by atoms with van der Waals surface area (Å²) in [5.41, 5.74) is 2.37. The van der Waals surface area contributed by atoms with Gasteiger partial charge in [0.2, 0.25) is 12.7 Å². The van der Waals surface area contributed by atoms with Crippen molar-refractivity contribution in [3.8, 4) is 17.2 Å². The van der Waals surface area contributed by atoms with Crippen LogP contribution in [0.1, 0.15) is 50.8 Å². The van der Waals surface area contributed by atoms with E-state index in [0.717, 1.165) is 22.6 Å². The van der Waals surface area contributed by atoms with Gasteiger partial charge in [0.25, 0.3) is 5.91 Å². The monoisotopic (exact) mass is 509 g/mol. The lowest BCUT2D eigenvalue weighted by Crippen LogP contribution is -2.43. The number of benzene rings is 2. The summed E-state index contributed by atoms with van der Waals surface area (Å²) in [7, 11) is 3.20. The van der Waals surface area contributed by atoms with Crippen LogP contribution in [-0.2, 0) is 14.3 Å². The number of rotatable bonds is 9. The third-order valence-electron chi connectivity index (χ3n) is 6.30. The first-order chi connectivity index (χ1) is 17.7. The quantitative estimate of drug-likeness (QED) is 0.507. The van der Waals surface area contributed by atoms with Crippen molar-refractivity contribution in [1.29, 1.82) is 0 Å². The molecule has 9 heteroatoms. The number of ether oxygens (including phenoxy) is 4. The van der Waals surface area contributed by atoms with Crippen LogP contribution in [0.2, 0.25) is 0 Å². The van der Waals surface area contributed by atoms with E-state index in [4.69, 9.17) is 24.0 Å². The fourth-order valence-corrected chi connectivity index (χ4v) is 4.37. The summed E-state index contributed by atoms with van der Waals surface area (Å²) in [5, 5.41) is 6.25.